The lowest BCUT2D eigenvalue weighted by molar-refractivity contribution is -0.123. The molecule has 0 spiro atoms. The molecule has 0 radical (unpaired) electrons. The van der Waals surface area contributed by atoms with E-state index >= 15 is 0 Å². The molecule has 1 aromatic carbocycles. The number of hydrogen-bond acceptors (Lipinski definition) is 4. The molecule has 0 bridgehead atoms. The van der Waals surface area contributed by atoms with Gasteiger partial charge in [-0.05, 0) is 25.5 Å². The summed E-state index contributed by atoms with van der Waals surface area (Å²) < 4.78 is 10.5. The lowest BCUT2D eigenvalue weighted by Gasteiger charge is -2.09. The molecule has 0 saturated carbocycles. The first kappa shape index (κ1) is 14.0. The molecule has 1 rings (SSSR count). The molecule has 0 unspecified atom stereocenters. The Morgan fingerprint density at radius 3 is 2.61 bits per heavy atom. The SMILES string of the molecule is CC/C(C)=N\NC(=O)COc1ccccc1OC. The Morgan fingerprint density at radius 2 is 2.00 bits per heavy atom. The van der Waals surface area contributed by atoms with Gasteiger partial charge in [0.15, 0.2) is 18.1 Å². The van der Waals surface area contributed by atoms with Gasteiger partial charge >= 0.3 is 0 Å². The molecule has 0 aliphatic heterocycles. The molecule has 98 valence electrons. The van der Waals surface area contributed by atoms with Gasteiger partial charge in [0.05, 0.1) is 7.11 Å². The van der Waals surface area contributed by atoms with E-state index in [-0.39, 0.29) is 12.5 Å². The van der Waals surface area contributed by atoms with E-state index in [9.17, 15) is 4.79 Å². The number of nitrogens with zero attached hydrogens (tertiary/aromatic N) is 1. The number of benzene rings is 1. The third-order valence-electron chi connectivity index (χ3n) is 2.31. The maximum Gasteiger partial charge on any atom is 0.277 e. The highest BCUT2D eigenvalue weighted by atomic mass is 16.5. The molecule has 0 aliphatic rings. The molecule has 0 atom stereocenters. The summed E-state index contributed by atoms with van der Waals surface area (Å²) in [5.74, 6) is 0.832. The molecular weight excluding hydrogens is 232 g/mol. The highest BCUT2D eigenvalue weighted by Gasteiger charge is 2.05. The molecule has 5 nitrogen and oxygen atoms in total. The molecule has 1 aromatic rings. The molecular formula is C13H18N2O3. The van der Waals surface area contributed by atoms with Crippen LogP contribution < -0.4 is 14.9 Å². The minimum absolute atomic E-state index is 0.0964. The number of rotatable bonds is 6. The van der Waals surface area contributed by atoms with Crippen molar-refractivity contribution in [1.29, 1.82) is 0 Å². The van der Waals surface area contributed by atoms with E-state index in [1.807, 2.05) is 26.0 Å². The van der Waals surface area contributed by atoms with Crippen molar-refractivity contribution in [2.75, 3.05) is 13.7 Å². The minimum atomic E-state index is -0.297. The zero-order valence-corrected chi connectivity index (χ0v) is 10.9. The fraction of sp³-hybridized carbons (Fsp3) is 0.385. The Balaban J connectivity index is 2.47. The van der Waals surface area contributed by atoms with Gasteiger partial charge in [-0.1, -0.05) is 19.1 Å². The maximum atomic E-state index is 11.5. The molecule has 0 heterocycles. The van der Waals surface area contributed by atoms with Crippen molar-refractivity contribution >= 4 is 11.6 Å². The van der Waals surface area contributed by atoms with Crippen LogP contribution in [0.4, 0.5) is 0 Å². The topological polar surface area (TPSA) is 59.9 Å². The third kappa shape index (κ3) is 4.45. The first-order chi connectivity index (χ1) is 8.67. The Hall–Kier alpha value is -2.04. The van der Waals surface area contributed by atoms with Crippen molar-refractivity contribution in [3.63, 3.8) is 0 Å². The molecule has 1 amide bonds. The van der Waals surface area contributed by atoms with Crippen LogP contribution in [-0.2, 0) is 4.79 Å². The molecule has 0 fully saturated rings. The second-order valence-corrected chi connectivity index (χ2v) is 3.68. The Bertz CT molecular complexity index is 430. The quantitative estimate of drug-likeness (QED) is 0.620. The molecule has 18 heavy (non-hydrogen) atoms. The van der Waals surface area contributed by atoms with E-state index in [2.05, 4.69) is 10.5 Å². The van der Waals surface area contributed by atoms with E-state index < -0.39 is 0 Å². The number of carbonyl (C=O) groups is 1. The van der Waals surface area contributed by atoms with Crippen molar-refractivity contribution in [2.45, 2.75) is 20.3 Å². The predicted molar refractivity (Wildman–Crippen MR) is 70.0 cm³/mol. The van der Waals surface area contributed by atoms with Crippen LogP contribution in [0.25, 0.3) is 0 Å². The number of methoxy groups -OCH3 is 1. The van der Waals surface area contributed by atoms with Gasteiger partial charge in [-0.2, -0.15) is 5.10 Å². The van der Waals surface area contributed by atoms with Crippen LogP contribution in [0.5, 0.6) is 11.5 Å². The average molecular weight is 250 g/mol. The van der Waals surface area contributed by atoms with Crippen LogP contribution in [0.3, 0.4) is 0 Å². The summed E-state index contributed by atoms with van der Waals surface area (Å²) >= 11 is 0. The standard InChI is InChI=1S/C13H18N2O3/c1-4-10(2)14-15-13(16)9-18-12-8-6-5-7-11(12)17-3/h5-8H,4,9H2,1-3H3,(H,15,16)/b14-10-. The normalized spacial score (nSPS) is 10.9. The Kier molecular flexibility index (Phi) is 5.70. The van der Waals surface area contributed by atoms with Gasteiger partial charge in [-0.3, -0.25) is 4.79 Å². The van der Waals surface area contributed by atoms with Gasteiger partial charge in [0.2, 0.25) is 0 Å². The van der Waals surface area contributed by atoms with E-state index in [1.165, 1.54) is 0 Å². The van der Waals surface area contributed by atoms with Crippen LogP contribution in [0.1, 0.15) is 20.3 Å². The van der Waals surface area contributed by atoms with E-state index in [1.54, 1.807) is 19.2 Å². The Morgan fingerprint density at radius 1 is 1.33 bits per heavy atom. The van der Waals surface area contributed by atoms with Crippen LogP contribution in [-0.4, -0.2) is 25.3 Å². The van der Waals surface area contributed by atoms with Gasteiger partial charge < -0.3 is 9.47 Å². The van der Waals surface area contributed by atoms with Crippen LogP contribution in [0, 0.1) is 0 Å². The second kappa shape index (κ2) is 7.32. The fourth-order valence-corrected chi connectivity index (χ4v) is 1.15. The van der Waals surface area contributed by atoms with Crippen molar-refractivity contribution in [1.82, 2.24) is 5.43 Å². The van der Waals surface area contributed by atoms with Crippen molar-refractivity contribution in [3.8, 4) is 11.5 Å². The van der Waals surface area contributed by atoms with Crippen LogP contribution >= 0.6 is 0 Å². The summed E-state index contributed by atoms with van der Waals surface area (Å²) in [6, 6.07) is 7.16. The number of hydrogen-bond donors (Lipinski definition) is 1. The first-order valence-corrected chi connectivity index (χ1v) is 5.75. The number of hydrazone groups is 1. The number of para-hydroxylation sites is 2. The lowest BCUT2D eigenvalue weighted by Crippen LogP contribution is -2.25. The molecule has 0 aromatic heterocycles. The smallest absolute Gasteiger partial charge is 0.277 e. The summed E-state index contributed by atoms with van der Waals surface area (Å²) in [4.78, 5) is 11.5. The number of amides is 1. The third-order valence-corrected chi connectivity index (χ3v) is 2.31. The van der Waals surface area contributed by atoms with Gasteiger partial charge in [0.1, 0.15) is 0 Å². The molecule has 1 N–H and O–H groups in total. The number of ether oxygens (including phenoxy) is 2. The molecule has 0 saturated heterocycles. The van der Waals surface area contributed by atoms with Crippen molar-refractivity contribution < 1.29 is 14.3 Å². The van der Waals surface area contributed by atoms with Crippen LogP contribution in [0.2, 0.25) is 0 Å². The van der Waals surface area contributed by atoms with Gasteiger partial charge in [-0.25, -0.2) is 5.43 Å². The van der Waals surface area contributed by atoms with Crippen molar-refractivity contribution in [3.05, 3.63) is 24.3 Å². The summed E-state index contributed by atoms with van der Waals surface area (Å²) in [6.07, 6.45) is 0.799. The monoisotopic (exact) mass is 250 g/mol. The molecule has 0 aliphatic carbocycles. The summed E-state index contributed by atoms with van der Waals surface area (Å²) in [5, 5.41) is 3.90. The predicted octanol–water partition coefficient (Wildman–Crippen LogP) is 1.98. The first-order valence-electron chi connectivity index (χ1n) is 5.75. The minimum Gasteiger partial charge on any atom is -0.493 e. The zero-order chi connectivity index (χ0) is 13.4. The zero-order valence-electron chi connectivity index (χ0n) is 10.9. The van der Waals surface area contributed by atoms with Gasteiger partial charge in [0.25, 0.3) is 5.91 Å². The largest absolute Gasteiger partial charge is 0.493 e. The van der Waals surface area contributed by atoms with Crippen molar-refractivity contribution in [2.24, 2.45) is 5.10 Å². The van der Waals surface area contributed by atoms with E-state index in [0.29, 0.717) is 11.5 Å². The number of nitrogens with one attached hydrogen (secondary N) is 1. The lowest BCUT2D eigenvalue weighted by atomic mass is 10.3. The summed E-state index contributed by atoms with van der Waals surface area (Å²) in [5.41, 5.74) is 3.29. The highest BCUT2D eigenvalue weighted by molar-refractivity contribution is 5.84. The summed E-state index contributed by atoms with van der Waals surface area (Å²) in [6.45, 7) is 3.72. The second-order valence-electron chi connectivity index (χ2n) is 3.68. The Labute approximate surface area is 107 Å². The van der Waals surface area contributed by atoms with E-state index in [4.69, 9.17) is 9.47 Å². The fourth-order valence-electron chi connectivity index (χ4n) is 1.15. The van der Waals surface area contributed by atoms with Gasteiger partial charge in [0, 0.05) is 5.71 Å². The van der Waals surface area contributed by atoms with E-state index in [0.717, 1.165) is 12.1 Å². The van der Waals surface area contributed by atoms with Crippen LogP contribution in [0.15, 0.2) is 29.4 Å². The highest BCUT2D eigenvalue weighted by Crippen LogP contribution is 2.25. The number of carbonyl (C=O) groups excluding carboxylic acids is 1. The molecule has 5 heteroatoms. The maximum absolute atomic E-state index is 11.5. The van der Waals surface area contributed by atoms with Gasteiger partial charge in [-0.15, -0.1) is 0 Å². The summed E-state index contributed by atoms with van der Waals surface area (Å²) in [7, 11) is 1.55. The average Bonchev–Trinajstić information content (AvgIpc) is 2.42.